The fraction of sp³-hybridized carbons (Fsp3) is 0.571. The Hall–Kier alpha value is -1.06. The number of nitrogens with one attached hydrogen (secondary N) is 1. The Bertz CT molecular complexity index is 387. The van der Waals surface area contributed by atoms with Crippen LogP contribution in [0, 0.1) is 0 Å². The van der Waals surface area contributed by atoms with E-state index in [0.29, 0.717) is 0 Å². The van der Waals surface area contributed by atoms with Gasteiger partial charge in [0, 0.05) is 12.8 Å². The molecule has 0 amide bonds. The van der Waals surface area contributed by atoms with E-state index in [2.05, 4.69) is 11.4 Å². The summed E-state index contributed by atoms with van der Waals surface area (Å²) in [4.78, 5) is 0. The van der Waals surface area contributed by atoms with Crippen LogP contribution in [0.2, 0.25) is 0 Å². The van der Waals surface area contributed by atoms with Crippen molar-refractivity contribution in [1.29, 1.82) is 0 Å². The summed E-state index contributed by atoms with van der Waals surface area (Å²) in [5.74, 6) is 0. The van der Waals surface area contributed by atoms with E-state index in [1.54, 1.807) is 7.11 Å². The SMILES string of the molecule is COC(C)(C)C(C)(O)C1Cc2ccccc2N1. The second-order valence-corrected chi connectivity index (χ2v) is 5.42. The first-order chi connectivity index (χ1) is 7.88. The van der Waals surface area contributed by atoms with Gasteiger partial charge in [-0.3, -0.25) is 0 Å². The van der Waals surface area contributed by atoms with E-state index in [1.165, 1.54) is 5.56 Å². The first-order valence-corrected chi connectivity index (χ1v) is 6.00. The lowest BCUT2D eigenvalue weighted by Crippen LogP contribution is -2.59. The maximum Gasteiger partial charge on any atom is 0.110 e. The van der Waals surface area contributed by atoms with Gasteiger partial charge in [0.05, 0.1) is 11.6 Å². The zero-order valence-electron chi connectivity index (χ0n) is 10.9. The van der Waals surface area contributed by atoms with Crippen molar-refractivity contribution in [2.75, 3.05) is 12.4 Å². The van der Waals surface area contributed by atoms with E-state index in [0.717, 1.165) is 12.1 Å². The summed E-state index contributed by atoms with van der Waals surface area (Å²) in [6.45, 7) is 5.66. The van der Waals surface area contributed by atoms with Crippen molar-refractivity contribution in [3.05, 3.63) is 29.8 Å². The quantitative estimate of drug-likeness (QED) is 0.844. The van der Waals surface area contributed by atoms with Crippen LogP contribution in [0.5, 0.6) is 0 Å². The molecule has 2 unspecified atom stereocenters. The fourth-order valence-electron chi connectivity index (χ4n) is 2.26. The Labute approximate surface area is 103 Å². The number of hydrogen-bond donors (Lipinski definition) is 2. The van der Waals surface area contributed by atoms with Crippen molar-refractivity contribution in [2.45, 2.75) is 44.4 Å². The number of anilines is 1. The number of hydrogen-bond acceptors (Lipinski definition) is 3. The number of methoxy groups -OCH3 is 1. The van der Waals surface area contributed by atoms with Crippen LogP contribution in [0.1, 0.15) is 26.3 Å². The van der Waals surface area contributed by atoms with Crippen LogP contribution in [-0.4, -0.2) is 29.5 Å². The molecule has 94 valence electrons. The Morgan fingerprint density at radius 3 is 2.53 bits per heavy atom. The number of aliphatic hydroxyl groups is 1. The average Bonchev–Trinajstić information content (AvgIpc) is 2.72. The molecule has 0 radical (unpaired) electrons. The highest BCUT2D eigenvalue weighted by atomic mass is 16.5. The molecule has 0 saturated carbocycles. The highest BCUT2D eigenvalue weighted by molar-refractivity contribution is 5.57. The predicted molar refractivity (Wildman–Crippen MR) is 69.3 cm³/mol. The topological polar surface area (TPSA) is 41.5 Å². The van der Waals surface area contributed by atoms with Gasteiger partial charge in [-0.25, -0.2) is 0 Å². The third-order valence-corrected chi connectivity index (χ3v) is 4.18. The highest BCUT2D eigenvalue weighted by Gasteiger charge is 2.47. The molecule has 0 spiro atoms. The highest BCUT2D eigenvalue weighted by Crippen LogP contribution is 2.36. The summed E-state index contributed by atoms with van der Waals surface area (Å²) in [6.07, 6.45) is 0.829. The Morgan fingerprint density at radius 1 is 1.29 bits per heavy atom. The van der Waals surface area contributed by atoms with Gasteiger partial charge in [-0.2, -0.15) is 0 Å². The number of benzene rings is 1. The van der Waals surface area contributed by atoms with E-state index in [9.17, 15) is 5.11 Å². The molecule has 1 heterocycles. The molecule has 1 aliphatic heterocycles. The second kappa shape index (κ2) is 4.00. The molecular weight excluding hydrogens is 214 g/mol. The maximum atomic E-state index is 10.7. The minimum absolute atomic E-state index is 0.0187. The van der Waals surface area contributed by atoms with Crippen LogP contribution in [0.15, 0.2) is 24.3 Å². The van der Waals surface area contributed by atoms with Crippen molar-refractivity contribution in [3.63, 3.8) is 0 Å². The van der Waals surface area contributed by atoms with Crippen molar-refractivity contribution in [3.8, 4) is 0 Å². The van der Waals surface area contributed by atoms with Gasteiger partial charge in [0.2, 0.25) is 0 Å². The van der Waals surface area contributed by atoms with Gasteiger partial charge in [0.15, 0.2) is 0 Å². The van der Waals surface area contributed by atoms with E-state index < -0.39 is 11.2 Å². The molecule has 1 aromatic carbocycles. The van der Waals surface area contributed by atoms with Gasteiger partial charge in [-0.15, -0.1) is 0 Å². The molecule has 1 aliphatic rings. The molecular formula is C14H21NO2. The van der Waals surface area contributed by atoms with E-state index in [-0.39, 0.29) is 6.04 Å². The van der Waals surface area contributed by atoms with Crippen LogP contribution < -0.4 is 5.32 Å². The Morgan fingerprint density at radius 2 is 1.94 bits per heavy atom. The minimum Gasteiger partial charge on any atom is -0.385 e. The Kier molecular flexibility index (Phi) is 2.92. The van der Waals surface area contributed by atoms with Gasteiger partial charge in [-0.1, -0.05) is 18.2 Å². The van der Waals surface area contributed by atoms with Crippen LogP contribution in [-0.2, 0) is 11.2 Å². The van der Waals surface area contributed by atoms with Gasteiger partial charge >= 0.3 is 0 Å². The van der Waals surface area contributed by atoms with Crippen molar-refractivity contribution in [1.82, 2.24) is 0 Å². The second-order valence-electron chi connectivity index (χ2n) is 5.42. The zero-order valence-corrected chi connectivity index (χ0v) is 10.9. The van der Waals surface area contributed by atoms with Crippen LogP contribution in [0.3, 0.4) is 0 Å². The lowest BCUT2D eigenvalue weighted by Gasteiger charge is -2.43. The fourth-order valence-corrected chi connectivity index (χ4v) is 2.26. The smallest absolute Gasteiger partial charge is 0.110 e. The molecule has 2 N–H and O–H groups in total. The molecule has 1 aromatic rings. The normalized spacial score (nSPS) is 22.8. The molecule has 0 aliphatic carbocycles. The van der Waals surface area contributed by atoms with Gasteiger partial charge in [-0.05, 0) is 38.8 Å². The third-order valence-electron chi connectivity index (χ3n) is 4.18. The molecule has 0 fully saturated rings. The number of fused-ring (bicyclic) bond motifs is 1. The first-order valence-electron chi connectivity index (χ1n) is 6.00. The van der Waals surface area contributed by atoms with Crippen LogP contribution in [0.25, 0.3) is 0 Å². The standard InChI is InChI=1S/C14H21NO2/c1-13(2,17-4)14(3,16)12-9-10-7-5-6-8-11(10)15-12/h5-8,12,15-16H,9H2,1-4H3. The molecule has 17 heavy (non-hydrogen) atoms. The molecule has 2 rings (SSSR count). The summed E-state index contributed by atoms with van der Waals surface area (Å²) in [5, 5.41) is 14.1. The monoisotopic (exact) mass is 235 g/mol. The van der Waals surface area contributed by atoms with E-state index >= 15 is 0 Å². The Balaban J connectivity index is 2.23. The summed E-state index contributed by atoms with van der Waals surface area (Å²) in [5.41, 5.74) is 0.849. The van der Waals surface area contributed by atoms with Gasteiger partial charge in [0.1, 0.15) is 5.60 Å². The molecule has 0 saturated heterocycles. The molecule has 0 aromatic heterocycles. The van der Waals surface area contributed by atoms with Crippen molar-refractivity contribution >= 4 is 5.69 Å². The van der Waals surface area contributed by atoms with Gasteiger partial charge < -0.3 is 15.2 Å². The lowest BCUT2D eigenvalue weighted by molar-refractivity contribution is -0.147. The van der Waals surface area contributed by atoms with Crippen molar-refractivity contribution < 1.29 is 9.84 Å². The third kappa shape index (κ3) is 1.94. The summed E-state index contributed by atoms with van der Waals surface area (Å²) >= 11 is 0. The summed E-state index contributed by atoms with van der Waals surface area (Å²) < 4.78 is 5.42. The van der Waals surface area contributed by atoms with Crippen molar-refractivity contribution in [2.24, 2.45) is 0 Å². The molecule has 2 atom stereocenters. The van der Waals surface area contributed by atoms with Crippen LogP contribution in [0.4, 0.5) is 5.69 Å². The minimum atomic E-state index is -0.930. The number of ether oxygens (including phenoxy) is 1. The lowest BCUT2D eigenvalue weighted by atomic mass is 9.80. The molecule has 3 nitrogen and oxygen atoms in total. The van der Waals surface area contributed by atoms with Gasteiger partial charge in [0.25, 0.3) is 0 Å². The largest absolute Gasteiger partial charge is 0.385 e. The van der Waals surface area contributed by atoms with Crippen LogP contribution >= 0.6 is 0 Å². The maximum absolute atomic E-state index is 10.7. The van der Waals surface area contributed by atoms with E-state index in [1.807, 2.05) is 39.0 Å². The predicted octanol–water partition coefficient (Wildman–Crippen LogP) is 2.20. The first kappa shape index (κ1) is 12.4. The van der Waals surface area contributed by atoms with E-state index in [4.69, 9.17) is 4.74 Å². The molecule has 3 heteroatoms. The number of para-hydroxylation sites is 1. The summed E-state index contributed by atoms with van der Waals surface area (Å²) in [6, 6.07) is 8.15. The zero-order chi connectivity index (χ0) is 12.7. The molecule has 0 bridgehead atoms. The summed E-state index contributed by atoms with van der Waals surface area (Å²) in [7, 11) is 1.64. The number of rotatable bonds is 3. The average molecular weight is 235 g/mol.